The number of nitro groups is 1. The molecule has 0 atom stereocenters. The molecule has 3 aromatic rings. The number of hydrogen-bond acceptors (Lipinski definition) is 6. The molecule has 0 aliphatic heterocycles. The van der Waals surface area contributed by atoms with Crippen molar-refractivity contribution >= 4 is 23.0 Å². The number of ether oxygens (including phenoxy) is 1. The highest BCUT2D eigenvalue weighted by atomic mass is 16.6. The Morgan fingerprint density at radius 1 is 1.06 bits per heavy atom. The third-order valence-corrected chi connectivity index (χ3v) is 4.32. The number of nitrogens with one attached hydrogen (secondary N) is 1. The van der Waals surface area contributed by atoms with E-state index in [4.69, 9.17) is 9.57 Å². The van der Waals surface area contributed by atoms with Crippen molar-refractivity contribution in [3.63, 3.8) is 0 Å². The number of amides is 1. The van der Waals surface area contributed by atoms with Crippen molar-refractivity contribution in [2.24, 2.45) is 5.16 Å². The topological polar surface area (TPSA) is 103 Å². The number of nitrogens with zero attached hydrogens (tertiary/aromatic N) is 2. The third kappa shape index (κ3) is 6.14. The van der Waals surface area contributed by atoms with Gasteiger partial charge in [-0.1, -0.05) is 53.7 Å². The fourth-order valence-electron chi connectivity index (χ4n) is 2.73. The van der Waals surface area contributed by atoms with Crippen molar-refractivity contribution in [2.75, 3.05) is 11.9 Å². The van der Waals surface area contributed by atoms with Crippen LogP contribution >= 0.6 is 0 Å². The average Bonchev–Trinajstić information content (AvgIpc) is 2.77. The molecule has 158 valence electrons. The Balaban J connectivity index is 1.71. The second-order valence-electron chi connectivity index (χ2n) is 6.71. The number of non-ortho nitro benzene ring substituents is 1. The molecule has 0 saturated heterocycles. The van der Waals surface area contributed by atoms with E-state index in [2.05, 4.69) is 10.5 Å². The predicted molar refractivity (Wildman–Crippen MR) is 118 cm³/mol. The summed E-state index contributed by atoms with van der Waals surface area (Å²) in [6.45, 7) is 3.39. The lowest BCUT2D eigenvalue weighted by molar-refractivity contribution is -0.384. The van der Waals surface area contributed by atoms with Crippen LogP contribution in [0.4, 0.5) is 11.4 Å². The smallest absolute Gasteiger partial charge is 0.275 e. The largest absolute Gasteiger partial charge is 0.483 e. The van der Waals surface area contributed by atoms with Gasteiger partial charge in [-0.05, 0) is 31.0 Å². The first-order chi connectivity index (χ1) is 14.9. The average molecular weight is 419 g/mol. The third-order valence-electron chi connectivity index (χ3n) is 4.32. The van der Waals surface area contributed by atoms with Gasteiger partial charge < -0.3 is 14.9 Å². The molecule has 0 bridgehead atoms. The van der Waals surface area contributed by atoms with Gasteiger partial charge in [0.2, 0.25) is 0 Å². The van der Waals surface area contributed by atoms with E-state index < -0.39 is 10.8 Å². The molecule has 1 amide bonds. The summed E-state index contributed by atoms with van der Waals surface area (Å²) in [6, 6.07) is 20.6. The van der Waals surface area contributed by atoms with Crippen molar-refractivity contribution in [1.29, 1.82) is 0 Å². The fourth-order valence-corrected chi connectivity index (χ4v) is 2.73. The normalized spacial score (nSPS) is 11.0. The van der Waals surface area contributed by atoms with E-state index in [-0.39, 0.29) is 23.7 Å². The number of hydrogen-bond donors (Lipinski definition) is 1. The fraction of sp³-hybridized carbons (Fsp3) is 0.130. The van der Waals surface area contributed by atoms with Gasteiger partial charge in [0.05, 0.1) is 22.4 Å². The van der Waals surface area contributed by atoms with Crippen LogP contribution in [0, 0.1) is 17.0 Å². The highest BCUT2D eigenvalue weighted by Crippen LogP contribution is 2.26. The van der Waals surface area contributed by atoms with Crippen LogP contribution in [0.15, 0.2) is 78.0 Å². The molecular formula is C23H21N3O5. The van der Waals surface area contributed by atoms with Crippen LogP contribution in [-0.2, 0) is 4.79 Å². The summed E-state index contributed by atoms with van der Waals surface area (Å²) in [4.78, 5) is 28.4. The van der Waals surface area contributed by atoms with Gasteiger partial charge in [-0.3, -0.25) is 14.9 Å². The van der Waals surface area contributed by atoms with Crippen LogP contribution in [0.3, 0.4) is 0 Å². The van der Waals surface area contributed by atoms with Gasteiger partial charge in [0.1, 0.15) is 5.75 Å². The number of nitro benzene ring substituents is 1. The van der Waals surface area contributed by atoms with E-state index in [9.17, 15) is 14.9 Å². The number of rotatable bonds is 8. The summed E-state index contributed by atoms with van der Waals surface area (Å²) in [7, 11) is 0. The molecule has 0 radical (unpaired) electrons. The maximum absolute atomic E-state index is 12.3. The van der Waals surface area contributed by atoms with E-state index in [0.717, 1.165) is 11.1 Å². The molecule has 0 aliphatic rings. The van der Waals surface area contributed by atoms with Crippen molar-refractivity contribution in [3.8, 4) is 11.5 Å². The summed E-state index contributed by atoms with van der Waals surface area (Å²) in [5.41, 5.74) is 2.32. The first-order valence-electron chi connectivity index (χ1n) is 9.47. The molecule has 0 spiro atoms. The zero-order valence-electron chi connectivity index (χ0n) is 17.1. The molecule has 1 N–H and O–H groups in total. The summed E-state index contributed by atoms with van der Waals surface area (Å²) in [6.07, 6.45) is 0. The maximum Gasteiger partial charge on any atom is 0.275 e. The summed E-state index contributed by atoms with van der Waals surface area (Å²) < 4.78 is 5.51. The van der Waals surface area contributed by atoms with Gasteiger partial charge >= 0.3 is 0 Å². The van der Waals surface area contributed by atoms with Crippen LogP contribution in [0.2, 0.25) is 0 Å². The lowest BCUT2D eigenvalue weighted by atomic mass is 10.1. The number of anilines is 1. The lowest BCUT2D eigenvalue weighted by Crippen LogP contribution is -2.20. The molecule has 0 fully saturated rings. The van der Waals surface area contributed by atoms with Crippen LogP contribution in [0.5, 0.6) is 11.5 Å². The molecule has 8 heteroatoms. The van der Waals surface area contributed by atoms with Crippen LogP contribution in [0.1, 0.15) is 18.1 Å². The van der Waals surface area contributed by atoms with Crippen molar-refractivity contribution in [3.05, 3.63) is 94.0 Å². The minimum absolute atomic E-state index is 0.125. The molecule has 3 rings (SSSR count). The Hall–Kier alpha value is -4.20. The molecular weight excluding hydrogens is 398 g/mol. The van der Waals surface area contributed by atoms with Gasteiger partial charge in [-0.25, -0.2) is 0 Å². The van der Waals surface area contributed by atoms with E-state index in [0.29, 0.717) is 11.5 Å². The van der Waals surface area contributed by atoms with E-state index in [1.54, 1.807) is 13.0 Å². The Bertz CT molecular complexity index is 1110. The highest BCUT2D eigenvalue weighted by Gasteiger charge is 2.14. The van der Waals surface area contributed by atoms with Crippen LogP contribution in [-0.4, -0.2) is 23.1 Å². The minimum atomic E-state index is -0.569. The molecule has 31 heavy (non-hydrogen) atoms. The van der Waals surface area contributed by atoms with Gasteiger partial charge in [-0.2, -0.15) is 0 Å². The molecule has 3 aromatic carbocycles. The molecule has 0 heterocycles. The number of oxime groups is 1. The molecule has 8 nitrogen and oxygen atoms in total. The Morgan fingerprint density at radius 2 is 1.77 bits per heavy atom. The summed E-state index contributed by atoms with van der Waals surface area (Å²) >= 11 is 0. The SMILES string of the molecule is CC(=NOc1cc(NC(=O)COc2ccccc2C)cc([N+](=O)[O-])c1)c1ccccc1. The highest BCUT2D eigenvalue weighted by molar-refractivity contribution is 5.98. The van der Waals surface area contributed by atoms with E-state index in [1.165, 1.54) is 18.2 Å². The monoisotopic (exact) mass is 419 g/mol. The van der Waals surface area contributed by atoms with E-state index in [1.807, 2.05) is 55.5 Å². The number of carbonyl (C=O) groups is 1. The molecule has 0 unspecified atom stereocenters. The summed E-state index contributed by atoms with van der Waals surface area (Å²) in [5, 5.41) is 17.9. The Morgan fingerprint density at radius 3 is 2.48 bits per heavy atom. The number of benzene rings is 3. The zero-order chi connectivity index (χ0) is 22.2. The molecule has 0 saturated carbocycles. The zero-order valence-corrected chi connectivity index (χ0v) is 17.1. The predicted octanol–water partition coefficient (Wildman–Crippen LogP) is 4.72. The quantitative estimate of drug-likeness (QED) is 0.323. The van der Waals surface area contributed by atoms with Gasteiger partial charge in [0.15, 0.2) is 12.4 Å². The van der Waals surface area contributed by atoms with Crippen molar-refractivity contribution in [2.45, 2.75) is 13.8 Å². The van der Waals surface area contributed by atoms with Crippen LogP contribution < -0.4 is 14.9 Å². The number of carbonyl (C=O) groups excluding carboxylic acids is 1. The van der Waals surface area contributed by atoms with Gasteiger partial charge in [0, 0.05) is 12.1 Å². The lowest BCUT2D eigenvalue weighted by Gasteiger charge is -2.10. The van der Waals surface area contributed by atoms with E-state index >= 15 is 0 Å². The Kier molecular flexibility index (Phi) is 6.95. The molecule has 0 aliphatic carbocycles. The number of para-hydroxylation sites is 1. The van der Waals surface area contributed by atoms with Crippen molar-refractivity contribution in [1.82, 2.24) is 0 Å². The first-order valence-corrected chi connectivity index (χ1v) is 9.47. The summed E-state index contributed by atoms with van der Waals surface area (Å²) in [5.74, 6) is 0.254. The second kappa shape index (κ2) is 10.0. The minimum Gasteiger partial charge on any atom is -0.483 e. The standard InChI is InChI=1S/C23H21N3O5/c1-16-8-6-7-11-22(16)30-15-23(27)24-19-12-20(26(28)29)14-21(13-19)31-25-17(2)18-9-4-3-5-10-18/h3-14H,15H2,1-2H3,(H,24,27). The second-order valence-corrected chi connectivity index (χ2v) is 6.71. The van der Waals surface area contributed by atoms with Crippen LogP contribution in [0.25, 0.3) is 0 Å². The van der Waals surface area contributed by atoms with Gasteiger partial charge in [-0.15, -0.1) is 0 Å². The number of aryl methyl sites for hydroxylation is 1. The van der Waals surface area contributed by atoms with Gasteiger partial charge in [0.25, 0.3) is 11.6 Å². The van der Waals surface area contributed by atoms with Crippen molar-refractivity contribution < 1.29 is 19.3 Å². The first kappa shape index (κ1) is 21.5. The Labute approximate surface area is 179 Å². The maximum atomic E-state index is 12.3. The molecule has 0 aromatic heterocycles.